The van der Waals surface area contributed by atoms with E-state index in [1.807, 2.05) is 0 Å². The van der Waals surface area contributed by atoms with Crippen LogP contribution in [-0.4, -0.2) is 29.6 Å². The molecule has 5 nitrogen and oxygen atoms in total. The number of carbonyl (C=O) groups is 2. The van der Waals surface area contributed by atoms with Crippen LogP contribution in [0.25, 0.3) is 0 Å². The molecule has 1 saturated heterocycles. The van der Waals surface area contributed by atoms with Crippen molar-refractivity contribution in [1.29, 1.82) is 0 Å². The van der Waals surface area contributed by atoms with Gasteiger partial charge in [0, 0.05) is 12.1 Å². The fourth-order valence-electron chi connectivity index (χ4n) is 1.81. The molecule has 0 unspecified atom stereocenters. The molecule has 0 saturated carbocycles. The maximum atomic E-state index is 11.9. The van der Waals surface area contributed by atoms with Gasteiger partial charge in [0.05, 0.1) is 12.2 Å². The lowest BCUT2D eigenvalue weighted by Gasteiger charge is -2.11. The van der Waals surface area contributed by atoms with Gasteiger partial charge in [0.1, 0.15) is 5.15 Å². The predicted molar refractivity (Wildman–Crippen MR) is 63.5 cm³/mol. The Balaban J connectivity index is 2.21. The normalized spacial score (nSPS) is 18.6. The lowest BCUT2D eigenvalue weighted by molar-refractivity contribution is -0.145. The van der Waals surface area contributed by atoms with Crippen LogP contribution < -0.4 is 0 Å². The van der Waals surface area contributed by atoms with E-state index in [0.717, 1.165) is 0 Å². The fraction of sp³-hybridized carbons (Fsp3) is 0.417. The first-order valence-corrected chi connectivity index (χ1v) is 5.88. The highest BCUT2D eigenvalue weighted by molar-refractivity contribution is 6.32. The molecule has 2 heterocycles. The standard InChI is InChI=1S/C12H12ClNO4/c1-6-5-7(2)14-10(13)9(6)12(16)18-8-3-4-17-11(8)15/h5,8H,3-4H2,1-2H3/t8-/m0/s1. The molecule has 2 rings (SSSR count). The van der Waals surface area contributed by atoms with Gasteiger partial charge in [-0.25, -0.2) is 14.6 Å². The van der Waals surface area contributed by atoms with Gasteiger partial charge in [0.2, 0.25) is 6.10 Å². The zero-order valence-corrected chi connectivity index (χ0v) is 10.8. The Morgan fingerprint density at radius 1 is 1.56 bits per heavy atom. The van der Waals surface area contributed by atoms with Crippen molar-refractivity contribution in [3.63, 3.8) is 0 Å². The Hall–Kier alpha value is -1.62. The second kappa shape index (κ2) is 4.94. The minimum Gasteiger partial charge on any atom is -0.463 e. The summed E-state index contributed by atoms with van der Waals surface area (Å²) in [5.74, 6) is -1.16. The average Bonchev–Trinajstić information content (AvgIpc) is 2.62. The Morgan fingerprint density at radius 2 is 2.28 bits per heavy atom. The molecule has 18 heavy (non-hydrogen) atoms. The number of rotatable bonds is 2. The summed E-state index contributed by atoms with van der Waals surface area (Å²) in [5, 5.41) is 0.0869. The third kappa shape index (κ3) is 2.46. The third-order valence-corrected chi connectivity index (χ3v) is 2.91. The quantitative estimate of drug-likeness (QED) is 0.605. The number of esters is 2. The molecule has 1 aromatic rings. The number of aromatic nitrogens is 1. The summed E-state index contributed by atoms with van der Waals surface area (Å²) in [6.07, 6.45) is -0.463. The molecule has 0 N–H and O–H groups in total. The summed E-state index contributed by atoms with van der Waals surface area (Å²) < 4.78 is 9.79. The number of nitrogens with zero attached hydrogens (tertiary/aromatic N) is 1. The number of cyclic esters (lactones) is 1. The molecule has 0 amide bonds. The number of ether oxygens (including phenoxy) is 2. The molecular formula is C12H12ClNO4. The highest BCUT2D eigenvalue weighted by Gasteiger charge is 2.31. The molecule has 0 aromatic carbocycles. The topological polar surface area (TPSA) is 65.5 Å². The number of carbonyl (C=O) groups excluding carboxylic acids is 2. The fourth-order valence-corrected chi connectivity index (χ4v) is 2.17. The summed E-state index contributed by atoms with van der Waals surface area (Å²) in [5.41, 5.74) is 1.58. The van der Waals surface area contributed by atoms with Crippen LogP contribution in [0.15, 0.2) is 6.07 Å². The zero-order chi connectivity index (χ0) is 13.3. The SMILES string of the molecule is Cc1cc(C)c(C(=O)O[C@H]2CCOC2=O)c(Cl)n1. The number of pyridine rings is 1. The summed E-state index contributed by atoms with van der Waals surface area (Å²) >= 11 is 5.92. The van der Waals surface area contributed by atoms with Gasteiger partial charge in [-0.15, -0.1) is 0 Å². The highest BCUT2D eigenvalue weighted by atomic mass is 35.5. The molecule has 1 aromatic heterocycles. The smallest absolute Gasteiger partial charge is 0.347 e. The first-order chi connectivity index (χ1) is 8.49. The summed E-state index contributed by atoms with van der Waals surface area (Å²) in [7, 11) is 0. The first-order valence-electron chi connectivity index (χ1n) is 5.50. The van der Waals surface area contributed by atoms with E-state index in [1.165, 1.54) is 0 Å². The van der Waals surface area contributed by atoms with E-state index in [2.05, 4.69) is 4.98 Å². The second-order valence-electron chi connectivity index (χ2n) is 4.10. The minimum atomic E-state index is -0.839. The van der Waals surface area contributed by atoms with Gasteiger partial charge in [0.25, 0.3) is 0 Å². The largest absolute Gasteiger partial charge is 0.463 e. The number of aryl methyl sites for hydroxylation is 2. The number of halogens is 1. The highest BCUT2D eigenvalue weighted by Crippen LogP contribution is 2.21. The van der Waals surface area contributed by atoms with Gasteiger partial charge in [-0.3, -0.25) is 0 Å². The minimum absolute atomic E-state index is 0.0869. The van der Waals surface area contributed by atoms with Crippen molar-refractivity contribution in [3.05, 3.63) is 28.0 Å². The van der Waals surface area contributed by atoms with Crippen molar-refractivity contribution in [2.75, 3.05) is 6.61 Å². The van der Waals surface area contributed by atoms with Gasteiger partial charge in [-0.2, -0.15) is 0 Å². The molecule has 0 spiro atoms. The van der Waals surface area contributed by atoms with Gasteiger partial charge in [-0.05, 0) is 25.5 Å². The monoisotopic (exact) mass is 269 g/mol. The van der Waals surface area contributed by atoms with Crippen molar-refractivity contribution in [2.45, 2.75) is 26.4 Å². The van der Waals surface area contributed by atoms with Crippen LogP contribution in [-0.2, 0) is 14.3 Å². The lowest BCUT2D eigenvalue weighted by Crippen LogP contribution is -2.23. The number of hydrogen-bond acceptors (Lipinski definition) is 5. The summed E-state index contributed by atoms with van der Waals surface area (Å²) in [6.45, 7) is 3.79. The average molecular weight is 270 g/mol. The molecule has 1 aliphatic heterocycles. The molecule has 0 radical (unpaired) electrons. The van der Waals surface area contributed by atoms with E-state index in [9.17, 15) is 9.59 Å². The molecule has 1 fully saturated rings. The predicted octanol–water partition coefficient (Wildman–Crippen LogP) is 1.82. The van der Waals surface area contributed by atoms with Crippen molar-refractivity contribution in [3.8, 4) is 0 Å². The van der Waals surface area contributed by atoms with Gasteiger partial charge in [0.15, 0.2) is 0 Å². The lowest BCUT2D eigenvalue weighted by atomic mass is 10.1. The van der Waals surface area contributed by atoms with Crippen molar-refractivity contribution in [1.82, 2.24) is 4.98 Å². The van der Waals surface area contributed by atoms with Crippen LogP contribution in [0.1, 0.15) is 28.0 Å². The van der Waals surface area contributed by atoms with Crippen LogP contribution >= 0.6 is 11.6 Å². The van der Waals surface area contributed by atoms with Crippen LogP contribution in [0.3, 0.4) is 0 Å². The molecular weight excluding hydrogens is 258 g/mol. The van der Waals surface area contributed by atoms with Crippen LogP contribution in [0.5, 0.6) is 0 Å². The van der Waals surface area contributed by atoms with E-state index >= 15 is 0 Å². The van der Waals surface area contributed by atoms with Crippen LogP contribution in [0, 0.1) is 13.8 Å². The summed E-state index contributed by atoms with van der Waals surface area (Å²) in [6, 6.07) is 1.73. The molecule has 1 atom stereocenters. The van der Waals surface area contributed by atoms with E-state index < -0.39 is 18.0 Å². The van der Waals surface area contributed by atoms with Crippen molar-refractivity contribution < 1.29 is 19.1 Å². The maximum Gasteiger partial charge on any atom is 0.347 e. The molecule has 96 valence electrons. The van der Waals surface area contributed by atoms with Gasteiger partial charge < -0.3 is 9.47 Å². The van der Waals surface area contributed by atoms with Gasteiger partial charge >= 0.3 is 11.9 Å². The Morgan fingerprint density at radius 3 is 2.83 bits per heavy atom. The Bertz CT molecular complexity index is 492. The maximum absolute atomic E-state index is 11.9. The van der Waals surface area contributed by atoms with Crippen LogP contribution in [0.2, 0.25) is 5.15 Å². The molecule has 0 aliphatic carbocycles. The Kier molecular flexibility index (Phi) is 3.52. The Labute approximate surface area is 109 Å². The zero-order valence-electron chi connectivity index (χ0n) is 10.0. The first kappa shape index (κ1) is 12.8. The molecule has 1 aliphatic rings. The second-order valence-corrected chi connectivity index (χ2v) is 4.45. The van der Waals surface area contributed by atoms with E-state index in [1.54, 1.807) is 19.9 Å². The van der Waals surface area contributed by atoms with Crippen molar-refractivity contribution >= 4 is 23.5 Å². The van der Waals surface area contributed by atoms with E-state index in [0.29, 0.717) is 17.7 Å². The van der Waals surface area contributed by atoms with Crippen LogP contribution in [0.4, 0.5) is 0 Å². The third-order valence-electron chi connectivity index (χ3n) is 2.64. The molecule has 6 heteroatoms. The molecule has 0 bridgehead atoms. The van der Waals surface area contributed by atoms with Crippen molar-refractivity contribution in [2.24, 2.45) is 0 Å². The van der Waals surface area contributed by atoms with E-state index in [-0.39, 0.29) is 17.3 Å². The summed E-state index contributed by atoms with van der Waals surface area (Å²) in [4.78, 5) is 27.2. The number of hydrogen-bond donors (Lipinski definition) is 0. The van der Waals surface area contributed by atoms with E-state index in [4.69, 9.17) is 21.1 Å². The van der Waals surface area contributed by atoms with Gasteiger partial charge in [-0.1, -0.05) is 11.6 Å².